The Morgan fingerprint density at radius 3 is 2.62 bits per heavy atom. The number of hydrogen-bond acceptors (Lipinski definition) is 5. The van der Waals surface area contributed by atoms with E-state index in [0.29, 0.717) is 6.61 Å². The van der Waals surface area contributed by atoms with Gasteiger partial charge in [-0.1, -0.05) is 30.3 Å². The number of sulfone groups is 1. The number of aliphatic hydroxyl groups is 1. The molecule has 0 aromatic heterocycles. The van der Waals surface area contributed by atoms with Crippen LogP contribution >= 0.6 is 0 Å². The lowest BCUT2D eigenvalue weighted by Crippen LogP contribution is -2.46. The average molecular weight is 313 g/mol. The molecule has 0 bridgehead atoms. The molecule has 7 heteroatoms. The Bertz CT molecular complexity index is 587. The second-order valence-electron chi connectivity index (χ2n) is 5.20. The van der Waals surface area contributed by atoms with Gasteiger partial charge in [-0.25, -0.2) is 8.42 Å². The van der Waals surface area contributed by atoms with Crippen molar-refractivity contribution in [1.29, 1.82) is 0 Å². The highest BCUT2D eigenvalue weighted by molar-refractivity contribution is 7.91. The standard InChI is InChI=1S/C14H19NO5S/c1-10(20-7-11-5-3-2-4-6-11)14(17)15-12-8-21(18,19)9-13(12)16/h2-6,10,12-13,16H,7-9H2,1H3,(H,15,17)/t10-,12+,13+/m0/s1. The lowest BCUT2D eigenvalue weighted by atomic mass is 10.2. The summed E-state index contributed by atoms with van der Waals surface area (Å²) in [5, 5.41) is 12.2. The molecule has 1 aliphatic rings. The molecule has 0 radical (unpaired) electrons. The van der Waals surface area contributed by atoms with E-state index in [0.717, 1.165) is 5.56 Å². The van der Waals surface area contributed by atoms with E-state index in [-0.39, 0.29) is 11.5 Å². The summed E-state index contributed by atoms with van der Waals surface area (Å²) >= 11 is 0. The van der Waals surface area contributed by atoms with Gasteiger partial charge >= 0.3 is 0 Å². The molecular weight excluding hydrogens is 294 g/mol. The predicted molar refractivity (Wildman–Crippen MR) is 77.3 cm³/mol. The van der Waals surface area contributed by atoms with Gasteiger partial charge in [0, 0.05) is 0 Å². The molecule has 3 atom stereocenters. The van der Waals surface area contributed by atoms with Gasteiger partial charge in [0.05, 0.1) is 30.3 Å². The van der Waals surface area contributed by atoms with Gasteiger partial charge in [-0.3, -0.25) is 4.79 Å². The molecule has 1 fully saturated rings. The minimum absolute atomic E-state index is 0.231. The Hall–Kier alpha value is -1.44. The van der Waals surface area contributed by atoms with Crippen LogP contribution in [0.15, 0.2) is 30.3 Å². The molecule has 1 aromatic rings. The molecule has 1 aromatic carbocycles. The molecule has 1 amide bonds. The Morgan fingerprint density at radius 2 is 2.05 bits per heavy atom. The van der Waals surface area contributed by atoms with Crippen molar-refractivity contribution in [1.82, 2.24) is 5.32 Å². The SMILES string of the molecule is C[C@H](OCc1ccccc1)C(=O)N[C@@H]1CS(=O)(=O)C[C@H]1O. The third-order valence-electron chi connectivity index (χ3n) is 3.36. The number of rotatable bonds is 5. The van der Waals surface area contributed by atoms with Crippen LogP contribution in [-0.2, 0) is 26.0 Å². The maximum atomic E-state index is 11.9. The highest BCUT2D eigenvalue weighted by Crippen LogP contribution is 2.13. The summed E-state index contributed by atoms with van der Waals surface area (Å²) < 4.78 is 28.2. The number of ether oxygens (including phenoxy) is 1. The molecule has 1 saturated heterocycles. The molecule has 0 saturated carbocycles. The largest absolute Gasteiger partial charge is 0.390 e. The molecule has 21 heavy (non-hydrogen) atoms. The zero-order chi connectivity index (χ0) is 15.5. The Balaban J connectivity index is 1.83. The van der Waals surface area contributed by atoms with Crippen molar-refractivity contribution in [2.45, 2.75) is 31.8 Å². The summed E-state index contributed by atoms with van der Waals surface area (Å²) in [7, 11) is -3.28. The van der Waals surface area contributed by atoms with Crippen molar-refractivity contribution in [3.63, 3.8) is 0 Å². The van der Waals surface area contributed by atoms with Crippen molar-refractivity contribution in [3.8, 4) is 0 Å². The van der Waals surface area contributed by atoms with Gasteiger partial charge in [0.1, 0.15) is 6.10 Å². The second kappa shape index (κ2) is 6.55. The number of carbonyl (C=O) groups is 1. The van der Waals surface area contributed by atoms with Gasteiger partial charge in [-0.15, -0.1) is 0 Å². The van der Waals surface area contributed by atoms with Crippen LogP contribution in [0.4, 0.5) is 0 Å². The number of benzene rings is 1. The summed E-state index contributed by atoms with van der Waals surface area (Å²) in [6.45, 7) is 1.88. The van der Waals surface area contributed by atoms with E-state index in [1.165, 1.54) is 0 Å². The molecule has 0 unspecified atom stereocenters. The molecule has 0 spiro atoms. The van der Waals surface area contributed by atoms with E-state index in [2.05, 4.69) is 5.32 Å². The summed E-state index contributed by atoms with van der Waals surface area (Å²) in [5.41, 5.74) is 0.945. The van der Waals surface area contributed by atoms with Gasteiger partial charge in [-0.2, -0.15) is 0 Å². The fourth-order valence-corrected chi connectivity index (χ4v) is 3.88. The fourth-order valence-electron chi connectivity index (χ4n) is 2.14. The number of amides is 1. The summed E-state index contributed by atoms with van der Waals surface area (Å²) in [5.74, 6) is -0.963. The second-order valence-corrected chi connectivity index (χ2v) is 7.35. The molecule has 0 aliphatic carbocycles. The molecule has 2 rings (SSSR count). The normalized spacial score (nSPS) is 25.4. The molecule has 1 aliphatic heterocycles. The zero-order valence-corrected chi connectivity index (χ0v) is 12.5. The highest BCUT2D eigenvalue weighted by atomic mass is 32.2. The smallest absolute Gasteiger partial charge is 0.249 e. The first-order chi connectivity index (χ1) is 9.87. The van der Waals surface area contributed by atoms with Crippen LogP contribution in [0.5, 0.6) is 0 Å². The number of carbonyl (C=O) groups excluding carboxylic acids is 1. The van der Waals surface area contributed by atoms with E-state index in [4.69, 9.17) is 4.74 Å². The predicted octanol–water partition coefficient (Wildman–Crippen LogP) is -0.134. The van der Waals surface area contributed by atoms with Gasteiger partial charge in [0.2, 0.25) is 5.91 Å². The first kappa shape index (κ1) is 15.9. The van der Waals surface area contributed by atoms with Crippen molar-refractivity contribution in [2.24, 2.45) is 0 Å². The summed E-state index contributed by atoms with van der Waals surface area (Å²) in [4.78, 5) is 11.9. The Labute approximate surface area is 124 Å². The van der Waals surface area contributed by atoms with Crippen LogP contribution in [0, 0.1) is 0 Å². The minimum atomic E-state index is -3.28. The van der Waals surface area contributed by atoms with Crippen molar-refractivity contribution < 1.29 is 23.1 Å². The van der Waals surface area contributed by atoms with Crippen LogP contribution in [0.3, 0.4) is 0 Å². The van der Waals surface area contributed by atoms with Gasteiger partial charge < -0.3 is 15.2 Å². The molecule has 1 heterocycles. The highest BCUT2D eigenvalue weighted by Gasteiger charge is 2.37. The Morgan fingerprint density at radius 1 is 1.38 bits per heavy atom. The van der Waals surface area contributed by atoms with E-state index in [9.17, 15) is 18.3 Å². The number of nitrogens with one attached hydrogen (secondary N) is 1. The summed E-state index contributed by atoms with van der Waals surface area (Å²) in [6.07, 6.45) is -1.78. The van der Waals surface area contributed by atoms with Crippen LogP contribution in [0.1, 0.15) is 12.5 Å². The third-order valence-corrected chi connectivity index (χ3v) is 5.08. The van der Waals surface area contributed by atoms with Gasteiger partial charge in [0.25, 0.3) is 0 Å². The van der Waals surface area contributed by atoms with Crippen LogP contribution < -0.4 is 5.32 Å². The molecule has 116 valence electrons. The number of hydrogen-bond donors (Lipinski definition) is 2. The van der Waals surface area contributed by atoms with Crippen LogP contribution in [0.2, 0.25) is 0 Å². The fraction of sp³-hybridized carbons (Fsp3) is 0.500. The minimum Gasteiger partial charge on any atom is -0.390 e. The quantitative estimate of drug-likeness (QED) is 0.790. The van der Waals surface area contributed by atoms with Crippen molar-refractivity contribution in [3.05, 3.63) is 35.9 Å². The third kappa shape index (κ3) is 4.52. The monoisotopic (exact) mass is 313 g/mol. The van der Waals surface area contributed by atoms with Gasteiger partial charge in [-0.05, 0) is 12.5 Å². The first-order valence-electron chi connectivity index (χ1n) is 6.72. The van der Waals surface area contributed by atoms with Gasteiger partial charge in [0.15, 0.2) is 9.84 Å². The van der Waals surface area contributed by atoms with Crippen LogP contribution in [0.25, 0.3) is 0 Å². The maximum Gasteiger partial charge on any atom is 0.249 e. The lowest BCUT2D eigenvalue weighted by Gasteiger charge is -2.18. The van der Waals surface area contributed by atoms with E-state index in [1.807, 2.05) is 30.3 Å². The first-order valence-corrected chi connectivity index (χ1v) is 8.54. The molecular formula is C14H19NO5S. The van der Waals surface area contributed by atoms with E-state index < -0.39 is 34.0 Å². The Kier molecular flexibility index (Phi) is 4.97. The van der Waals surface area contributed by atoms with Crippen LogP contribution in [-0.4, -0.2) is 49.2 Å². The summed E-state index contributed by atoms with van der Waals surface area (Å²) in [6, 6.07) is 8.66. The average Bonchev–Trinajstić information content (AvgIpc) is 2.69. The lowest BCUT2D eigenvalue weighted by molar-refractivity contribution is -0.133. The van der Waals surface area contributed by atoms with Crippen molar-refractivity contribution >= 4 is 15.7 Å². The zero-order valence-electron chi connectivity index (χ0n) is 11.7. The van der Waals surface area contributed by atoms with E-state index in [1.54, 1.807) is 6.92 Å². The topological polar surface area (TPSA) is 92.7 Å². The van der Waals surface area contributed by atoms with Crippen molar-refractivity contribution in [2.75, 3.05) is 11.5 Å². The molecule has 6 nitrogen and oxygen atoms in total. The van der Waals surface area contributed by atoms with E-state index >= 15 is 0 Å². The molecule has 2 N–H and O–H groups in total. The maximum absolute atomic E-state index is 11.9. The number of aliphatic hydroxyl groups excluding tert-OH is 1.